The highest BCUT2D eigenvalue weighted by Gasteiger charge is 2.20. The van der Waals surface area contributed by atoms with Gasteiger partial charge in [0.05, 0.1) is 18.2 Å². The van der Waals surface area contributed by atoms with Crippen LogP contribution in [-0.4, -0.2) is 41.6 Å². The molecule has 0 spiro atoms. The predicted molar refractivity (Wildman–Crippen MR) is 122 cm³/mol. The van der Waals surface area contributed by atoms with Gasteiger partial charge in [-0.15, -0.1) is 0 Å². The van der Waals surface area contributed by atoms with Crippen LogP contribution in [0.5, 0.6) is 0 Å². The molecule has 6 heteroatoms. The summed E-state index contributed by atoms with van der Waals surface area (Å²) in [5.74, 6) is -0.352. The second kappa shape index (κ2) is 10.6. The lowest BCUT2D eigenvalue weighted by Gasteiger charge is -2.27. The number of pyridine rings is 1. The molecular weight excluding hydrogens is 390 g/mol. The van der Waals surface area contributed by atoms with Crippen molar-refractivity contribution in [1.82, 2.24) is 15.2 Å². The number of urea groups is 1. The van der Waals surface area contributed by atoms with Crippen LogP contribution in [0.3, 0.4) is 0 Å². The molecule has 1 atom stereocenters. The van der Waals surface area contributed by atoms with Gasteiger partial charge in [0.15, 0.2) is 0 Å². The number of aromatic nitrogens is 1. The van der Waals surface area contributed by atoms with Crippen molar-refractivity contribution < 1.29 is 14.3 Å². The summed E-state index contributed by atoms with van der Waals surface area (Å²) in [5.41, 5.74) is 2.88. The second-order valence-corrected chi connectivity index (χ2v) is 7.64. The minimum absolute atomic E-state index is 0.102. The van der Waals surface area contributed by atoms with Crippen molar-refractivity contribution in [2.75, 3.05) is 13.7 Å². The molecule has 6 nitrogen and oxygen atoms in total. The lowest BCUT2D eigenvalue weighted by Crippen LogP contribution is -2.45. The summed E-state index contributed by atoms with van der Waals surface area (Å²) in [4.78, 5) is 30.8. The monoisotopic (exact) mass is 419 g/mol. The van der Waals surface area contributed by atoms with E-state index in [-0.39, 0.29) is 31.1 Å². The fourth-order valence-corrected chi connectivity index (χ4v) is 3.39. The number of nitrogens with zero attached hydrogens (tertiary/aromatic N) is 2. The van der Waals surface area contributed by atoms with Crippen LogP contribution in [0.25, 0.3) is 10.8 Å². The largest absolute Gasteiger partial charge is 0.463 e. The van der Waals surface area contributed by atoms with Crippen LogP contribution in [0, 0.1) is 6.92 Å². The zero-order valence-corrected chi connectivity index (χ0v) is 18.3. The zero-order valence-electron chi connectivity index (χ0n) is 18.3. The van der Waals surface area contributed by atoms with Gasteiger partial charge in [0.1, 0.15) is 6.61 Å². The number of esters is 1. The number of rotatable bonds is 8. The summed E-state index contributed by atoms with van der Waals surface area (Å²) < 4.78 is 5.46. The van der Waals surface area contributed by atoms with E-state index in [4.69, 9.17) is 4.74 Å². The fraction of sp³-hybridized carbons (Fsp3) is 0.320. The number of ether oxygens (including phenoxy) is 1. The van der Waals surface area contributed by atoms with Crippen molar-refractivity contribution in [1.29, 1.82) is 0 Å². The summed E-state index contributed by atoms with van der Waals surface area (Å²) in [6, 6.07) is 17.3. The van der Waals surface area contributed by atoms with Crippen LogP contribution < -0.4 is 5.32 Å². The lowest BCUT2D eigenvalue weighted by atomic mass is 10.1. The van der Waals surface area contributed by atoms with Gasteiger partial charge in [-0.05, 0) is 35.9 Å². The Bertz CT molecular complexity index is 1050. The average molecular weight is 420 g/mol. The van der Waals surface area contributed by atoms with E-state index in [1.54, 1.807) is 18.1 Å². The van der Waals surface area contributed by atoms with Gasteiger partial charge in [-0.3, -0.25) is 9.78 Å². The molecule has 0 aliphatic rings. The van der Waals surface area contributed by atoms with Gasteiger partial charge in [-0.1, -0.05) is 55.5 Å². The highest BCUT2D eigenvalue weighted by molar-refractivity contribution is 5.83. The lowest BCUT2D eigenvalue weighted by molar-refractivity contribution is -0.144. The maximum absolute atomic E-state index is 12.6. The Kier molecular flexibility index (Phi) is 7.60. The van der Waals surface area contributed by atoms with Crippen LogP contribution in [0.4, 0.5) is 4.79 Å². The second-order valence-electron chi connectivity index (χ2n) is 7.64. The molecule has 0 aliphatic carbocycles. The van der Waals surface area contributed by atoms with Gasteiger partial charge < -0.3 is 15.0 Å². The molecule has 1 heterocycles. The number of fused-ring (bicyclic) bond motifs is 1. The van der Waals surface area contributed by atoms with E-state index in [1.807, 2.05) is 68.4 Å². The zero-order chi connectivity index (χ0) is 22.2. The first-order valence-electron chi connectivity index (χ1n) is 10.5. The third-order valence-electron chi connectivity index (χ3n) is 5.48. The van der Waals surface area contributed by atoms with Gasteiger partial charge >= 0.3 is 12.0 Å². The molecule has 0 saturated heterocycles. The molecular formula is C25H29N3O3. The van der Waals surface area contributed by atoms with Crippen molar-refractivity contribution in [2.45, 2.75) is 39.3 Å². The van der Waals surface area contributed by atoms with Gasteiger partial charge in [0.25, 0.3) is 0 Å². The molecule has 0 saturated carbocycles. The van der Waals surface area contributed by atoms with E-state index in [2.05, 4.69) is 10.3 Å². The standard InChI is InChI=1S/C25H29N3O3/c1-4-23(28(3)25(30)27-15-20-11-6-5-9-18(20)2)17-31-24(29)14-22-13-19-10-7-8-12-21(19)16-26-22/h5-13,16,23H,4,14-15,17H2,1-3H3,(H,27,30)/t23-/m0/s1. The highest BCUT2D eigenvalue weighted by atomic mass is 16.5. The first-order chi connectivity index (χ1) is 15.0. The van der Waals surface area contributed by atoms with Gasteiger partial charge in [-0.25, -0.2) is 4.79 Å². The Morgan fingerprint density at radius 2 is 1.81 bits per heavy atom. The number of amides is 2. The Morgan fingerprint density at radius 1 is 1.10 bits per heavy atom. The van der Waals surface area contributed by atoms with Crippen molar-refractivity contribution >= 4 is 22.8 Å². The van der Waals surface area contributed by atoms with E-state index in [0.29, 0.717) is 18.7 Å². The highest BCUT2D eigenvalue weighted by Crippen LogP contribution is 2.14. The molecule has 1 aromatic heterocycles. The molecule has 31 heavy (non-hydrogen) atoms. The first kappa shape index (κ1) is 22.3. The number of benzene rings is 2. The third-order valence-corrected chi connectivity index (χ3v) is 5.48. The van der Waals surface area contributed by atoms with Crippen LogP contribution in [0.1, 0.15) is 30.2 Å². The third kappa shape index (κ3) is 6.04. The number of carbonyl (C=O) groups is 2. The fourth-order valence-electron chi connectivity index (χ4n) is 3.39. The number of hydrogen-bond acceptors (Lipinski definition) is 4. The molecule has 0 fully saturated rings. The molecule has 0 bridgehead atoms. The van der Waals surface area contributed by atoms with E-state index in [1.165, 1.54) is 0 Å². The molecule has 0 aliphatic heterocycles. The van der Waals surface area contributed by atoms with Crippen LogP contribution in [0.15, 0.2) is 60.8 Å². The van der Waals surface area contributed by atoms with Crippen LogP contribution >= 0.6 is 0 Å². The van der Waals surface area contributed by atoms with Crippen LogP contribution in [0.2, 0.25) is 0 Å². The van der Waals surface area contributed by atoms with Gasteiger partial charge in [0.2, 0.25) is 0 Å². The first-order valence-corrected chi connectivity index (χ1v) is 10.5. The van der Waals surface area contributed by atoms with E-state index < -0.39 is 0 Å². The molecule has 2 amide bonds. The molecule has 3 aromatic rings. The Balaban J connectivity index is 1.50. The SMILES string of the molecule is CC[C@@H](COC(=O)Cc1cc2ccccc2cn1)N(C)C(=O)NCc1ccccc1C. The summed E-state index contributed by atoms with van der Waals surface area (Å²) >= 11 is 0. The minimum atomic E-state index is -0.352. The number of aryl methyl sites for hydroxylation is 1. The molecule has 3 rings (SSSR count). The molecule has 0 unspecified atom stereocenters. The summed E-state index contributed by atoms with van der Waals surface area (Å²) in [6.45, 7) is 4.59. The molecule has 1 N–H and O–H groups in total. The van der Waals surface area contributed by atoms with Crippen LogP contribution in [-0.2, 0) is 22.5 Å². The Morgan fingerprint density at radius 3 is 2.55 bits per heavy atom. The average Bonchev–Trinajstić information content (AvgIpc) is 2.78. The smallest absolute Gasteiger partial charge is 0.317 e. The number of carbonyl (C=O) groups excluding carboxylic acids is 2. The van der Waals surface area contributed by atoms with E-state index in [0.717, 1.165) is 21.9 Å². The normalized spacial score (nSPS) is 11.7. The maximum Gasteiger partial charge on any atom is 0.317 e. The van der Waals surface area contributed by atoms with Gasteiger partial charge in [0, 0.05) is 25.2 Å². The van der Waals surface area contributed by atoms with E-state index in [9.17, 15) is 9.59 Å². The topological polar surface area (TPSA) is 71.5 Å². The van der Waals surface area contributed by atoms with Crippen molar-refractivity contribution in [3.05, 3.63) is 77.6 Å². The summed E-state index contributed by atoms with van der Waals surface area (Å²) in [6.07, 6.45) is 2.54. The molecule has 162 valence electrons. The maximum atomic E-state index is 12.6. The number of nitrogens with one attached hydrogen (secondary N) is 1. The quantitative estimate of drug-likeness (QED) is 0.554. The van der Waals surface area contributed by atoms with Gasteiger partial charge in [-0.2, -0.15) is 0 Å². The minimum Gasteiger partial charge on any atom is -0.463 e. The Labute approximate surface area is 183 Å². The van der Waals surface area contributed by atoms with Crippen molar-refractivity contribution in [3.8, 4) is 0 Å². The molecule has 0 radical (unpaired) electrons. The predicted octanol–water partition coefficient (Wildman–Crippen LogP) is 4.25. The van der Waals surface area contributed by atoms with Crippen molar-refractivity contribution in [2.24, 2.45) is 0 Å². The summed E-state index contributed by atoms with van der Waals surface area (Å²) in [7, 11) is 1.72. The van der Waals surface area contributed by atoms with Crippen molar-refractivity contribution in [3.63, 3.8) is 0 Å². The number of hydrogen-bond donors (Lipinski definition) is 1. The Hall–Kier alpha value is -3.41. The van der Waals surface area contributed by atoms with E-state index >= 15 is 0 Å². The molecule has 2 aromatic carbocycles. The summed E-state index contributed by atoms with van der Waals surface area (Å²) in [5, 5.41) is 5.01. The number of likely N-dealkylation sites (N-methyl/N-ethyl adjacent to an activating group) is 1.